The molecule has 0 saturated heterocycles. The lowest BCUT2D eigenvalue weighted by atomic mass is 10.1. The van der Waals surface area contributed by atoms with Crippen LogP contribution >= 0.6 is 0 Å². The summed E-state index contributed by atoms with van der Waals surface area (Å²) in [5.41, 5.74) is 4.15. The number of nitrogens with zero attached hydrogens (tertiary/aromatic N) is 1. The summed E-state index contributed by atoms with van der Waals surface area (Å²) in [6, 6.07) is 6.59. The van der Waals surface area contributed by atoms with Crippen LogP contribution in [-0.2, 0) is 22.4 Å². The van der Waals surface area contributed by atoms with Crippen LogP contribution in [0, 0.1) is 0 Å². The van der Waals surface area contributed by atoms with Crippen LogP contribution in [0.5, 0.6) is 0 Å². The Kier molecular flexibility index (Phi) is 5.63. The van der Waals surface area contributed by atoms with Gasteiger partial charge in [-0.25, -0.2) is 0 Å². The van der Waals surface area contributed by atoms with E-state index in [0.29, 0.717) is 0 Å². The highest BCUT2D eigenvalue weighted by atomic mass is 16.5. The third kappa shape index (κ3) is 3.93. The van der Waals surface area contributed by atoms with Crippen molar-refractivity contribution in [1.29, 1.82) is 0 Å². The number of hydrogen-bond donors (Lipinski definition) is 1. The van der Waals surface area contributed by atoms with Gasteiger partial charge in [0.05, 0.1) is 13.2 Å². The molecule has 4 heteroatoms. The van der Waals surface area contributed by atoms with E-state index in [1.54, 1.807) is 14.2 Å². The number of benzene rings is 1. The van der Waals surface area contributed by atoms with Crippen LogP contribution in [-0.4, -0.2) is 52.0 Å². The van der Waals surface area contributed by atoms with Crippen LogP contribution in [0.25, 0.3) is 0 Å². The summed E-state index contributed by atoms with van der Waals surface area (Å²) in [6.07, 6.45) is 1.14. The summed E-state index contributed by atoms with van der Waals surface area (Å²) in [6.45, 7) is 5.39. The number of hydrogen-bond acceptors (Lipinski definition) is 4. The van der Waals surface area contributed by atoms with Gasteiger partial charge in [0, 0.05) is 46.1 Å². The molecule has 1 aliphatic rings. The molecule has 0 aromatic heterocycles. The SMILES string of the molecule is COCCN(CCOC)Cc1cccc2c1NCC2. The zero-order chi connectivity index (χ0) is 13.5. The third-order valence-corrected chi connectivity index (χ3v) is 3.55. The minimum Gasteiger partial charge on any atom is -0.384 e. The molecule has 19 heavy (non-hydrogen) atoms. The van der Waals surface area contributed by atoms with E-state index in [0.717, 1.165) is 45.8 Å². The van der Waals surface area contributed by atoms with Crippen molar-refractivity contribution in [2.45, 2.75) is 13.0 Å². The van der Waals surface area contributed by atoms with Crippen LogP contribution in [0.2, 0.25) is 0 Å². The van der Waals surface area contributed by atoms with Crippen molar-refractivity contribution < 1.29 is 9.47 Å². The van der Waals surface area contributed by atoms with E-state index in [-0.39, 0.29) is 0 Å². The van der Waals surface area contributed by atoms with Crippen molar-refractivity contribution in [2.24, 2.45) is 0 Å². The second kappa shape index (κ2) is 7.48. The highest BCUT2D eigenvalue weighted by Gasteiger charge is 2.15. The molecule has 1 aliphatic heterocycles. The van der Waals surface area contributed by atoms with Gasteiger partial charge in [0.25, 0.3) is 0 Å². The molecule has 2 rings (SSSR count). The third-order valence-electron chi connectivity index (χ3n) is 3.55. The van der Waals surface area contributed by atoms with Crippen molar-refractivity contribution in [1.82, 2.24) is 4.90 Å². The van der Waals surface area contributed by atoms with Gasteiger partial charge < -0.3 is 14.8 Å². The Bertz CT molecular complexity index is 388. The van der Waals surface area contributed by atoms with E-state index < -0.39 is 0 Å². The second-order valence-corrected chi connectivity index (χ2v) is 4.89. The van der Waals surface area contributed by atoms with Crippen molar-refractivity contribution in [2.75, 3.05) is 52.4 Å². The molecule has 1 aromatic carbocycles. The molecular weight excluding hydrogens is 240 g/mol. The Morgan fingerprint density at radius 3 is 2.58 bits per heavy atom. The number of nitrogens with one attached hydrogen (secondary N) is 1. The molecular formula is C15H24N2O2. The lowest BCUT2D eigenvalue weighted by Crippen LogP contribution is -2.30. The Labute approximate surface area is 115 Å². The number of anilines is 1. The lowest BCUT2D eigenvalue weighted by Gasteiger charge is -2.23. The van der Waals surface area contributed by atoms with Crippen molar-refractivity contribution >= 4 is 5.69 Å². The summed E-state index contributed by atoms with van der Waals surface area (Å²) in [7, 11) is 3.49. The van der Waals surface area contributed by atoms with E-state index >= 15 is 0 Å². The van der Waals surface area contributed by atoms with E-state index in [1.165, 1.54) is 16.8 Å². The summed E-state index contributed by atoms with van der Waals surface area (Å²) in [4.78, 5) is 2.38. The van der Waals surface area contributed by atoms with Gasteiger partial charge in [-0.3, -0.25) is 4.90 Å². The zero-order valence-electron chi connectivity index (χ0n) is 11.9. The van der Waals surface area contributed by atoms with E-state index in [2.05, 4.69) is 28.4 Å². The number of rotatable bonds is 8. The van der Waals surface area contributed by atoms with Gasteiger partial charge in [-0.15, -0.1) is 0 Å². The predicted octanol–water partition coefficient (Wildman–Crippen LogP) is 1.75. The van der Waals surface area contributed by atoms with Crippen molar-refractivity contribution in [3.05, 3.63) is 29.3 Å². The van der Waals surface area contributed by atoms with Gasteiger partial charge in [0.2, 0.25) is 0 Å². The molecule has 0 fully saturated rings. The lowest BCUT2D eigenvalue weighted by molar-refractivity contribution is 0.110. The fourth-order valence-electron chi connectivity index (χ4n) is 2.49. The average Bonchev–Trinajstić information content (AvgIpc) is 2.91. The Morgan fingerprint density at radius 2 is 1.89 bits per heavy atom. The molecule has 0 bridgehead atoms. The van der Waals surface area contributed by atoms with Gasteiger partial charge in [-0.1, -0.05) is 18.2 Å². The first-order valence-electron chi connectivity index (χ1n) is 6.90. The largest absolute Gasteiger partial charge is 0.384 e. The number of para-hydroxylation sites is 1. The average molecular weight is 264 g/mol. The minimum absolute atomic E-state index is 0.756. The van der Waals surface area contributed by atoms with Gasteiger partial charge in [0.1, 0.15) is 0 Å². The maximum absolute atomic E-state index is 5.18. The molecule has 0 aliphatic carbocycles. The molecule has 0 amide bonds. The smallest absolute Gasteiger partial charge is 0.0589 e. The van der Waals surface area contributed by atoms with Crippen LogP contribution in [0.3, 0.4) is 0 Å². The number of fused-ring (bicyclic) bond motifs is 1. The number of ether oxygens (including phenoxy) is 2. The zero-order valence-corrected chi connectivity index (χ0v) is 11.9. The minimum atomic E-state index is 0.756. The molecule has 0 saturated carbocycles. The maximum atomic E-state index is 5.18. The maximum Gasteiger partial charge on any atom is 0.0589 e. The van der Waals surface area contributed by atoms with Gasteiger partial charge in [0.15, 0.2) is 0 Å². The summed E-state index contributed by atoms with van der Waals surface area (Å²) in [5, 5.41) is 3.50. The highest BCUT2D eigenvalue weighted by molar-refractivity contribution is 5.61. The monoisotopic (exact) mass is 264 g/mol. The Morgan fingerprint density at radius 1 is 1.16 bits per heavy atom. The van der Waals surface area contributed by atoms with Crippen LogP contribution < -0.4 is 5.32 Å². The van der Waals surface area contributed by atoms with E-state index in [1.807, 2.05) is 0 Å². The fourth-order valence-corrected chi connectivity index (χ4v) is 2.49. The normalized spacial score (nSPS) is 13.6. The molecule has 1 heterocycles. The van der Waals surface area contributed by atoms with Crippen LogP contribution in [0.1, 0.15) is 11.1 Å². The summed E-state index contributed by atoms with van der Waals surface area (Å²) >= 11 is 0. The first-order valence-corrected chi connectivity index (χ1v) is 6.90. The molecule has 1 N–H and O–H groups in total. The first kappa shape index (κ1) is 14.3. The van der Waals surface area contributed by atoms with E-state index in [4.69, 9.17) is 9.47 Å². The van der Waals surface area contributed by atoms with Gasteiger partial charge >= 0.3 is 0 Å². The van der Waals surface area contributed by atoms with Crippen molar-refractivity contribution in [3.8, 4) is 0 Å². The molecule has 0 atom stereocenters. The molecule has 4 nitrogen and oxygen atoms in total. The molecule has 0 unspecified atom stereocenters. The second-order valence-electron chi connectivity index (χ2n) is 4.89. The first-order chi connectivity index (χ1) is 9.35. The van der Waals surface area contributed by atoms with Crippen LogP contribution in [0.15, 0.2) is 18.2 Å². The van der Waals surface area contributed by atoms with Gasteiger partial charge in [-0.05, 0) is 17.5 Å². The molecule has 0 radical (unpaired) electrons. The Hall–Kier alpha value is -1.10. The molecule has 1 aromatic rings. The highest BCUT2D eigenvalue weighted by Crippen LogP contribution is 2.27. The van der Waals surface area contributed by atoms with Crippen LogP contribution in [0.4, 0.5) is 5.69 Å². The summed E-state index contributed by atoms with van der Waals surface area (Å²) in [5.74, 6) is 0. The molecule has 106 valence electrons. The topological polar surface area (TPSA) is 33.7 Å². The standard InChI is InChI=1S/C15H24N2O2/c1-18-10-8-17(9-11-19-2)12-14-5-3-4-13-6-7-16-15(13)14/h3-5,16H,6-12H2,1-2H3. The predicted molar refractivity (Wildman–Crippen MR) is 77.7 cm³/mol. The van der Waals surface area contributed by atoms with E-state index in [9.17, 15) is 0 Å². The van der Waals surface area contributed by atoms with Crippen molar-refractivity contribution in [3.63, 3.8) is 0 Å². The fraction of sp³-hybridized carbons (Fsp3) is 0.600. The quantitative estimate of drug-likeness (QED) is 0.775. The Balaban J connectivity index is 2.01. The summed E-state index contributed by atoms with van der Waals surface area (Å²) < 4.78 is 10.4. The van der Waals surface area contributed by atoms with Gasteiger partial charge in [-0.2, -0.15) is 0 Å². The number of methoxy groups -OCH3 is 2. The molecule has 0 spiro atoms.